The molecular weight excluding hydrogens is 271 g/mol. The van der Waals surface area contributed by atoms with Crippen LogP contribution in [0, 0.1) is 0 Å². The molecule has 0 heterocycles. The second-order valence-electron chi connectivity index (χ2n) is 5.09. The molecule has 20 heavy (non-hydrogen) atoms. The zero-order valence-corrected chi connectivity index (χ0v) is 11.6. The van der Waals surface area contributed by atoms with E-state index < -0.39 is 17.6 Å². The van der Waals surface area contributed by atoms with Crippen LogP contribution in [0.2, 0.25) is 0 Å². The van der Waals surface area contributed by atoms with Crippen LogP contribution in [0.15, 0.2) is 24.3 Å². The molecule has 1 aromatic rings. The summed E-state index contributed by atoms with van der Waals surface area (Å²) in [5.74, 6) is -1.29. The highest BCUT2D eigenvalue weighted by molar-refractivity contribution is 5.98. The van der Waals surface area contributed by atoms with E-state index in [-0.39, 0.29) is 5.69 Å². The molecule has 0 radical (unpaired) electrons. The van der Waals surface area contributed by atoms with E-state index in [2.05, 4.69) is 5.32 Å². The number of carbonyl (C=O) groups excluding carboxylic acids is 1. The van der Waals surface area contributed by atoms with Crippen molar-refractivity contribution in [2.24, 2.45) is 5.73 Å². The molecule has 0 aromatic heterocycles. The third kappa shape index (κ3) is 3.94. The lowest BCUT2D eigenvalue weighted by atomic mass is 10.0. The molecule has 0 bridgehead atoms. The van der Waals surface area contributed by atoms with E-state index in [1.54, 1.807) is 24.3 Å². The summed E-state index contributed by atoms with van der Waals surface area (Å²) in [6, 6.07) is 6.56. The van der Waals surface area contributed by atoms with Crippen LogP contribution < -0.4 is 11.1 Å². The molecule has 1 amide bonds. The third-order valence-electron chi connectivity index (χ3n) is 2.77. The standard InChI is InChI=1S/C13H18F3N3O/c1-12(17,13(14,15)16)11(20)18-10-6-4-9(5-7-10)8-19(2)3/h4-7H,8,17H2,1-3H3,(H,18,20). The number of nitrogens with zero attached hydrogens (tertiary/aromatic N) is 1. The molecule has 1 atom stereocenters. The lowest BCUT2D eigenvalue weighted by Crippen LogP contribution is -2.59. The molecule has 3 N–H and O–H groups in total. The van der Waals surface area contributed by atoms with Crippen LogP contribution in [0.3, 0.4) is 0 Å². The van der Waals surface area contributed by atoms with Crippen molar-refractivity contribution in [2.75, 3.05) is 19.4 Å². The highest BCUT2D eigenvalue weighted by Gasteiger charge is 2.53. The predicted octanol–water partition coefficient (Wildman–Crippen LogP) is 1.97. The van der Waals surface area contributed by atoms with Gasteiger partial charge in [0.25, 0.3) is 5.91 Å². The Morgan fingerprint density at radius 3 is 2.15 bits per heavy atom. The number of nitrogens with two attached hydrogens (primary N) is 1. The Morgan fingerprint density at radius 1 is 1.25 bits per heavy atom. The summed E-state index contributed by atoms with van der Waals surface area (Å²) in [5, 5.41) is 2.17. The molecule has 1 aromatic carbocycles. The van der Waals surface area contributed by atoms with Crippen LogP contribution in [-0.2, 0) is 11.3 Å². The van der Waals surface area contributed by atoms with Crippen LogP contribution in [0.4, 0.5) is 18.9 Å². The molecule has 4 nitrogen and oxygen atoms in total. The lowest BCUT2D eigenvalue weighted by Gasteiger charge is -2.26. The molecule has 1 unspecified atom stereocenters. The number of halogens is 3. The minimum absolute atomic E-state index is 0.276. The average Bonchev–Trinajstić information content (AvgIpc) is 2.29. The van der Waals surface area contributed by atoms with Gasteiger partial charge in [0.2, 0.25) is 0 Å². The molecule has 0 fully saturated rings. The van der Waals surface area contributed by atoms with Crippen LogP contribution in [-0.4, -0.2) is 36.6 Å². The van der Waals surface area contributed by atoms with Gasteiger partial charge in [0.15, 0.2) is 5.54 Å². The van der Waals surface area contributed by atoms with Gasteiger partial charge >= 0.3 is 6.18 Å². The van der Waals surface area contributed by atoms with Gasteiger partial charge in [0.1, 0.15) is 0 Å². The topological polar surface area (TPSA) is 58.4 Å². The number of rotatable bonds is 4. The Labute approximate surface area is 115 Å². The first-order valence-corrected chi connectivity index (χ1v) is 5.95. The summed E-state index contributed by atoms with van der Waals surface area (Å²) < 4.78 is 37.8. The van der Waals surface area contributed by atoms with E-state index in [1.165, 1.54) is 0 Å². The van der Waals surface area contributed by atoms with E-state index in [4.69, 9.17) is 5.73 Å². The van der Waals surface area contributed by atoms with Gasteiger partial charge in [-0.15, -0.1) is 0 Å². The Bertz CT molecular complexity index is 467. The van der Waals surface area contributed by atoms with Crippen LogP contribution in [0.1, 0.15) is 12.5 Å². The van der Waals surface area contributed by atoms with Crippen molar-refractivity contribution in [3.05, 3.63) is 29.8 Å². The number of benzene rings is 1. The Balaban J connectivity index is 2.77. The Hall–Kier alpha value is -1.60. The minimum atomic E-state index is -4.80. The highest BCUT2D eigenvalue weighted by Crippen LogP contribution is 2.29. The zero-order valence-electron chi connectivity index (χ0n) is 11.6. The van der Waals surface area contributed by atoms with E-state index in [0.29, 0.717) is 13.5 Å². The molecule has 0 saturated heterocycles. The normalized spacial score (nSPS) is 15.0. The fourth-order valence-electron chi connectivity index (χ4n) is 1.45. The molecular formula is C13H18F3N3O. The molecule has 0 aliphatic rings. The van der Waals surface area contributed by atoms with Gasteiger partial charge < -0.3 is 16.0 Å². The second kappa shape index (κ2) is 5.80. The number of anilines is 1. The SMILES string of the molecule is CN(C)Cc1ccc(NC(=O)C(C)(N)C(F)(F)F)cc1. The predicted molar refractivity (Wildman–Crippen MR) is 71.1 cm³/mol. The fourth-order valence-corrected chi connectivity index (χ4v) is 1.45. The summed E-state index contributed by atoms with van der Waals surface area (Å²) in [7, 11) is 3.80. The molecule has 1 rings (SSSR count). The van der Waals surface area contributed by atoms with Crippen LogP contribution >= 0.6 is 0 Å². The summed E-state index contributed by atoms with van der Waals surface area (Å²) in [6.07, 6.45) is -4.80. The van der Waals surface area contributed by atoms with Crippen LogP contribution in [0.5, 0.6) is 0 Å². The van der Waals surface area contributed by atoms with E-state index in [0.717, 1.165) is 5.56 Å². The van der Waals surface area contributed by atoms with Crippen molar-refractivity contribution < 1.29 is 18.0 Å². The lowest BCUT2D eigenvalue weighted by molar-refractivity contribution is -0.184. The van der Waals surface area contributed by atoms with Gasteiger partial charge in [0.05, 0.1) is 0 Å². The molecule has 0 aliphatic heterocycles. The maximum atomic E-state index is 12.6. The summed E-state index contributed by atoms with van der Waals surface area (Å²) in [6.45, 7) is 1.34. The smallest absolute Gasteiger partial charge is 0.324 e. The number of carbonyl (C=O) groups is 1. The first-order valence-electron chi connectivity index (χ1n) is 5.95. The molecule has 0 spiro atoms. The summed E-state index contributed by atoms with van der Waals surface area (Å²) in [4.78, 5) is 13.5. The maximum absolute atomic E-state index is 12.6. The zero-order chi connectivity index (χ0) is 15.6. The molecule has 7 heteroatoms. The van der Waals surface area contributed by atoms with E-state index >= 15 is 0 Å². The third-order valence-corrected chi connectivity index (χ3v) is 2.77. The molecule has 112 valence electrons. The summed E-state index contributed by atoms with van der Waals surface area (Å²) >= 11 is 0. The van der Waals surface area contributed by atoms with Gasteiger partial charge in [-0.1, -0.05) is 12.1 Å². The first-order chi connectivity index (χ1) is 9.04. The Kier molecular flexibility index (Phi) is 4.77. The van der Waals surface area contributed by atoms with Crippen molar-refractivity contribution in [3.8, 4) is 0 Å². The quantitative estimate of drug-likeness (QED) is 0.891. The minimum Gasteiger partial charge on any atom is -0.324 e. The highest BCUT2D eigenvalue weighted by atomic mass is 19.4. The van der Waals surface area contributed by atoms with Crippen molar-refractivity contribution >= 4 is 11.6 Å². The van der Waals surface area contributed by atoms with Gasteiger partial charge in [-0.3, -0.25) is 4.79 Å². The average molecular weight is 289 g/mol. The molecule has 0 aliphatic carbocycles. The second-order valence-corrected chi connectivity index (χ2v) is 5.09. The van der Waals surface area contributed by atoms with E-state index in [9.17, 15) is 18.0 Å². The molecule has 0 saturated carbocycles. The van der Waals surface area contributed by atoms with Crippen LogP contribution in [0.25, 0.3) is 0 Å². The van der Waals surface area contributed by atoms with Gasteiger partial charge in [-0.05, 0) is 38.7 Å². The number of hydrogen-bond donors (Lipinski definition) is 2. The van der Waals surface area contributed by atoms with Gasteiger partial charge in [-0.25, -0.2) is 0 Å². The number of alkyl halides is 3. The number of amides is 1. The van der Waals surface area contributed by atoms with Gasteiger partial charge in [0, 0.05) is 12.2 Å². The van der Waals surface area contributed by atoms with Crippen molar-refractivity contribution in [2.45, 2.75) is 25.2 Å². The van der Waals surface area contributed by atoms with Crippen molar-refractivity contribution in [3.63, 3.8) is 0 Å². The maximum Gasteiger partial charge on any atom is 0.415 e. The summed E-state index contributed by atoms with van der Waals surface area (Å²) in [5.41, 5.74) is 3.38. The van der Waals surface area contributed by atoms with Crippen molar-refractivity contribution in [1.82, 2.24) is 4.90 Å². The number of hydrogen-bond acceptors (Lipinski definition) is 3. The van der Waals surface area contributed by atoms with Gasteiger partial charge in [-0.2, -0.15) is 13.2 Å². The van der Waals surface area contributed by atoms with E-state index in [1.807, 2.05) is 19.0 Å². The first kappa shape index (κ1) is 16.5. The largest absolute Gasteiger partial charge is 0.415 e. The monoisotopic (exact) mass is 289 g/mol. The Morgan fingerprint density at radius 2 is 1.75 bits per heavy atom. The number of nitrogens with one attached hydrogen (secondary N) is 1. The fraction of sp³-hybridized carbons (Fsp3) is 0.462. The van der Waals surface area contributed by atoms with Crippen molar-refractivity contribution in [1.29, 1.82) is 0 Å².